The van der Waals surface area contributed by atoms with Gasteiger partial charge < -0.3 is 10.1 Å². The summed E-state index contributed by atoms with van der Waals surface area (Å²) in [6.45, 7) is -2.96. The highest BCUT2D eigenvalue weighted by Crippen LogP contribution is 2.25. The Labute approximate surface area is 142 Å². The Bertz CT molecular complexity index is 921. The molecular formula is C19H14F2N2O2. The number of rotatable bonds is 5. The molecule has 25 heavy (non-hydrogen) atoms. The van der Waals surface area contributed by atoms with E-state index in [9.17, 15) is 13.6 Å². The summed E-state index contributed by atoms with van der Waals surface area (Å²) in [4.78, 5) is 16.4. The normalized spacial score (nSPS) is 11.2. The number of halogens is 2. The second kappa shape index (κ2) is 7.53. The van der Waals surface area contributed by atoms with E-state index in [0.29, 0.717) is 0 Å². The molecule has 0 bridgehead atoms. The van der Waals surface area contributed by atoms with E-state index in [1.165, 1.54) is 18.2 Å². The van der Waals surface area contributed by atoms with Crippen LogP contribution in [0.15, 0.2) is 66.9 Å². The molecule has 0 aliphatic carbocycles. The van der Waals surface area contributed by atoms with Crippen LogP contribution in [0.1, 0.15) is 5.56 Å². The largest absolute Gasteiger partial charge is 0.433 e. The number of aromatic nitrogens is 1. The van der Waals surface area contributed by atoms with E-state index in [0.717, 1.165) is 16.5 Å². The van der Waals surface area contributed by atoms with Gasteiger partial charge in [0.25, 0.3) is 0 Å². The molecule has 1 amide bonds. The summed E-state index contributed by atoms with van der Waals surface area (Å²) in [6, 6.07) is 15.4. The number of hydrogen-bond acceptors (Lipinski definition) is 3. The van der Waals surface area contributed by atoms with Crippen molar-refractivity contribution >= 4 is 28.6 Å². The number of amides is 1. The number of carbonyl (C=O) groups is 1. The van der Waals surface area contributed by atoms with Gasteiger partial charge in [0.2, 0.25) is 5.91 Å². The number of para-hydroxylation sites is 3. The van der Waals surface area contributed by atoms with Crippen molar-refractivity contribution in [3.05, 3.63) is 72.4 Å². The fourth-order valence-electron chi connectivity index (χ4n) is 2.37. The predicted molar refractivity (Wildman–Crippen MR) is 92.5 cm³/mol. The van der Waals surface area contributed by atoms with Crippen LogP contribution in [0.25, 0.3) is 17.0 Å². The number of hydrogen-bond donors (Lipinski definition) is 1. The van der Waals surface area contributed by atoms with Gasteiger partial charge in [-0.2, -0.15) is 8.78 Å². The molecule has 0 spiro atoms. The van der Waals surface area contributed by atoms with Crippen molar-refractivity contribution < 1.29 is 18.3 Å². The smallest absolute Gasteiger partial charge is 0.387 e. The SMILES string of the molecule is O=C(/C=C/c1cccc2cccnc12)Nc1ccccc1OC(F)F. The topological polar surface area (TPSA) is 51.2 Å². The van der Waals surface area contributed by atoms with Crippen LogP contribution < -0.4 is 10.1 Å². The van der Waals surface area contributed by atoms with Crippen LogP contribution in [-0.4, -0.2) is 17.5 Å². The number of nitrogens with one attached hydrogen (secondary N) is 1. The van der Waals surface area contributed by atoms with Crippen molar-refractivity contribution in [3.63, 3.8) is 0 Å². The van der Waals surface area contributed by atoms with Crippen LogP contribution in [0.5, 0.6) is 5.75 Å². The van der Waals surface area contributed by atoms with Gasteiger partial charge in [0.05, 0.1) is 11.2 Å². The lowest BCUT2D eigenvalue weighted by Gasteiger charge is -2.10. The fraction of sp³-hybridized carbons (Fsp3) is 0.0526. The molecule has 1 heterocycles. The molecule has 0 atom stereocenters. The number of alkyl halides is 2. The Morgan fingerprint density at radius 2 is 1.88 bits per heavy atom. The zero-order chi connectivity index (χ0) is 17.6. The monoisotopic (exact) mass is 340 g/mol. The minimum absolute atomic E-state index is 0.0916. The average Bonchev–Trinajstić information content (AvgIpc) is 2.61. The zero-order valence-corrected chi connectivity index (χ0v) is 13.0. The first-order valence-corrected chi connectivity index (χ1v) is 7.50. The maximum Gasteiger partial charge on any atom is 0.387 e. The molecule has 0 saturated heterocycles. The van der Waals surface area contributed by atoms with Crippen molar-refractivity contribution in [1.29, 1.82) is 0 Å². The van der Waals surface area contributed by atoms with Crippen LogP contribution in [-0.2, 0) is 4.79 Å². The van der Waals surface area contributed by atoms with Crippen molar-refractivity contribution in [2.75, 3.05) is 5.32 Å². The molecule has 0 fully saturated rings. The number of fused-ring (bicyclic) bond motifs is 1. The van der Waals surface area contributed by atoms with Crippen molar-refractivity contribution in [2.45, 2.75) is 6.61 Å². The number of nitrogens with zero attached hydrogens (tertiary/aromatic N) is 1. The van der Waals surface area contributed by atoms with E-state index >= 15 is 0 Å². The first-order chi connectivity index (χ1) is 12.1. The van der Waals surface area contributed by atoms with E-state index in [1.54, 1.807) is 24.4 Å². The highest BCUT2D eigenvalue weighted by Gasteiger charge is 2.10. The van der Waals surface area contributed by atoms with Crippen molar-refractivity contribution in [2.24, 2.45) is 0 Å². The molecular weight excluding hydrogens is 326 g/mol. The summed E-state index contributed by atoms with van der Waals surface area (Å²) in [6.07, 6.45) is 4.63. The van der Waals surface area contributed by atoms with Crippen LogP contribution in [0, 0.1) is 0 Å². The summed E-state index contributed by atoms with van der Waals surface area (Å²) in [5.41, 5.74) is 1.73. The Morgan fingerprint density at radius 1 is 1.08 bits per heavy atom. The van der Waals surface area contributed by atoms with Gasteiger partial charge in [0.1, 0.15) is 5.75 Å². The van der Waals surface area contributed by atoms with E-state index in [-0.39, 0.29) is 11.4 Å². The maximum atomic E-state index is 12.4. The number of ether oxygens (including phenoxy) is 1. The van der Waals surface area contributed by atoms with Crippen LogP contribution in [0.3, 0.4) is 0 Å². The number of pyridine rings is 1. The van der Waals surface area contributed by atoms with E-state index < -0.39 is 12.5 Å². The Morgan fingerprint density at radius 3 is 2.72 bits per heavy atom. The van der Waals surface area contributed by atoms with Gasteiger partial charge in [-0.15, -0.1) is 0 Å². The highest BCUT2D eigenvalue weighted by atomic mass is 19.3. The van der Waals surface area contributed by atoms with E-state index in [2.05, 4.69) is 15.0 Å². The molecule has 0 radical (unpaired) electrons. The molecule has 3 rings (SSSR count). The second-order valence-corrected chi connectivity index (χ2v) is 5.12. The third-order valence-electron chi connectivity index (χ3n) is 3.44. The number of anilines is 1. The molecule has 2 aromatic carbocycles. The van der Waals surface area contributed by atoms with Crippen LogP contribution in [0.4, 0.5) is 14.5 Å². The highest BCUT2D eigenvalue weighted by molar-refractivity contribution is 6.03. The van der Waals surface area contributed by atoms with Gasteiger partial charge in [0.15, 0.2) is 0 Å². The van der Waals surface area contributed by atoms with Crippen molar-refractivity contribution in [1.82, 2.24) is 4.98 Å². The average molecular weight is 340 g/mol. The standard InChI is InChI=1S/C19H14F2N2O2/c20-19(21)25-16-9-2-1-8-15(16)23-17(24)11-10-14-6-3-5-13-7-4-12-22-18(13)14/h1-12,19H,(H,23,24)/b11-10+. The third kappa shape index (κ3) is 4.17. The minimum atomic E-state index is -2.96. The van der Waals surface area contributed by atoms with Gasteiger partial charge >= 0.3 is 6.61 Å². The molecule has 0 aliphatic rings. The van der Waals surface area contributed by atoms with Crippen LogP contribution >= 0.6 is 0 Å². The molecule has 6 heteroatoms. The lowest BCUT2D eigenvalue weighted by molar-refractivity contribution is -0.111. The number of carbonyl (C=O) groups excluding carboxylic acids is 1. The summed E-state index contributed by atoms with van der Waals surface area (Å²) in [5, 5.41) is 3.49. The van der Waals surface area contributed by atoms with Gasteiger partial charge in [-0.1, -0.05) is 36.4 Å². The third-order valence-corrected chi connectivity index (χ3v) is 3.44. The molecule has 0 saturated carbocycles. The molecule has 3 aromatic rings. The van der Waals surface area contributed by atoms with Crippen LogP contribution in [0.2, 0.25) is 0 Å². The maximum absolute atomic E-state index is 12.4. The number of benzene rings is 2. The van der Waals surface area contributed by atoms with Crippen molar-refractivity contribution in [3.8, 4) is 5.75 Å². The molecule has 126 valence electrons. The van der Waals surface area contributed by atoms with E-state index in [1.807, 2.05) is 30.3 Å². The molecule has 0 unspecified atom stereocenters. The first kappa shape index (κ1) is 16.6. The second-order valence-electron chi connectivity index (χ2n) is 5.12. The Kier molecular flexibility index (Phi) is 4.99. The predicted octanol–water partition coefficient (Wildman–Crippen LogP) is 4.49. The summed E-state index contributed by atoms with van der Waals surface area (Å²) < 4.78 is 29.2. The molecule has 1 N–H and O–H groups in total. The Balaban J connectivity index is 1.78. The quantitative estimate of drug-likeness (QED) is 0.696. The summed E-state index contributed by atoms with van der Waals surface area (Å²) in [7, 11) is 0. The molecule has 0 aliphatic heterocycles. The van der Waals surface area contributed by atoms with E-state index in [4.69, 9.17) is 0 Å². The summed E-state index contributed by atoms with van der Waals surface area (Å²) in [5.74, 6) is -0.552. The van der Waals surface area contributed by atoms with Gasteiger partial charge in [-0.25, -0.2) is 0 Å². The van der Waals surface area contributed by atoms with Gasteiger partial charge in [-0.3, -0.25) is 9.78 Å². The Hall–Kier alpha value is -3.28. The first-order valence-electron chi connectivity index (χ1n) is 7.50. The minimum Gasteiger partial charge on any atom is -0.433 e. The summed E-state index contributed by atoms with van der Waals surface area (Å²) >= 11 is 0. The fourth-order valence-corrected chi connectivity index (χ4v) is 2.37. The molecule has 1 aromatic heterocycles. The molecule has 4 nitrogen and oxygen atoms in total. The lowest BCUT2D eigenvalue weighted by atomic mass is 10.1. The lowest BCUT2D eigenvalue weighted by Crippen LogP contribution is -2.11. The van der Waals surface area contributed by atoms with Gasteiger partial charge in [-0.05, 0) is 24.3 Å². The van der Waals surface area contributed by atoms with Gasteiger partial charge in [0, 0.05) is 23.2 Å². The zero-order valence-electron chi connectivity index (χ0n) is 13.0.